The van der Waals surface area contributed by atoms with Crippen LogP contribution in [0.25, 0.3) is 0 Å². The fourth-order valence-corrected chi connectivity index (χ4v) is 1.25. The predicted octanol–water partition coefficient (Wildman–Crippen LogP) is 3.64. The van der Waals surface area contributed by atoms with Crippen LogP contribution in [0, 0.1) is 5.92 Å². The van der Waals surface area contributed by atoms with Gasteiger partial charge in [0, 0.05) is 3.92 Å². The van der Waals surface area contributed by atoms with Crippen LogP contribution in [0.5, 0.6) is 0 Å². The normalized spacial score (nSPS) is 14.3. The first-order valence-corrected chi connectivity index (χ1v) is 5.01. The minimum Gasteiger partial charge on any atom is -0.0829 e. The Hall–Kier alpha value is 0.730. The Kier molecular flexibility index (Phi) is 5.96. The molecule has 0 aliphatic rings. The fraction of sp³-hybridized carbons (Fsp3) is 1.00. The Morgan fingerprint density at radius 3 is 2.00 bits per heavy atom. The molecule has 0 aliphatic carbocycles. The Balaban J connectivity index is 2.91. The van der Waals surface area contributed by atoms with Gasteiger partial charge in [-0.2, -0.15) is 0 Å². The van der Waals surface area contributed by atoms with E-state index in [0.717, 1.165) is 9.84 Å². The van der Waals surface area contributed by atoms with Gasteiger partial charge in [-0.15, -0.1) is 0 Å². The molecule has 0 rings (SSSR count). The van der Waals surface area contributed by atoms with Crippen LogP contribution in [0.15, 0.2) is 0 Å². The summed E-state index contributed by atoms with van der Waals surface area (Å²) in [7, 11) is 0. The second-order valence-corrected chi connectivity index (χ2v) is 5.23. The first kappa shape index (κ1) is 9.73. The van der Waals surface area contributed by atoms with Crippen molar-refractivity contribution in [1.82, 2.24) is 0 Å². The lowest BCUT2D eigenvalue weighted by molar-refractivity contribution is 0.540. The molecule has 1 heteroatoms. The molecule has 0 aliphatic heterocycles. The van der Waals surface area contributed by atoms with Gasteiger partial charge in [-0.3, -0.25) is 0 Å². The van der Waals surface area contributed by atoms with Crippen LogP contribution in [0.4, 0.5) is 0 Å². The lowest BCUT2D eigenvalue weighted by atomic mass is 10.1. The van der Waals surface area contributed by atoms with E-state index in [0.29, 0.717) is 0 Å². The second kappa shape index (κ2) is 5.51. The Morgan fingerprint density at radius 1 is 1.11 bits per heavy atom. The molecule has 0 N–H and O–H groups in total. The largest absolute Gasteiger partial charge is 0.0829 e. The molecule has 0 heterocycles. The lowest BCUT2D eigenvalue weighted by Crippen LogP contribution is -1.92. The van der Waals surface area contributed by atoms with Crippen molar-refractivity contribution in [2.75, 3.05) is 0 Å². The molecular formula is C8H17I. The Labute approximate surface area is 72.6 Å². The minimum absolute atomic E-state index is 0.862. The summed E-state index contributed by atoms with van der Waals surface area (Å²) in [5.74, 6) is 0.889. The van der Waals surface area contributed by atoms with Gasteiger partial charge >= 0.3 is 0 Å². The number of halogens is 1. The molecule has 56 valence electrons. The molecule has 0 nitrogen and oxygen atoms in total. The summed E-state index contributed by atoms with van der Waals surface area (Å²) in [6.45, 7) is 6.86. The van der Waals surface area contributed by atoms with E-state index in [-0.39, 0.29) is 0 Å². The zero-order valence-corrected chi connectivity index (χ0v) is 8.81. The zero-order chi connectivity index (χ0) is 7.28. The van der Waals surface area contributed by atoms with Gasteiger partial charge in [0.1, 0.15) is 0 Å². The third-order valence-electron chi connectivity index (χ3n) is 1.38. The summed E-state index contributed by atoms with van der Waals surface area (Å²) >= 11 is 2.49. The fourth-order valence-electron chi connectivity index (χ4n) is 0.807. The SMILES string of the molecule is CC(C)CCCC(C)I. The molecule has 0 saturated carbocycles. The first-order valence-electron chi connectivity index (χ1n) is 3.77. The van der Waals surface area contributed by atoms with E-state index in [2.05, 4.69) is 43.4 Å². The van der Waals surface area contributed by atoms with Crippen molar-refractivity contribution in [1.29, 1.82) is 0 Å². The topological polar surface area (TPSA) is 0 Å². The maximum Gasteiger partial charge on any atom is 0.00813 e. The molecular weight excluding hydrogens is 223 g/mol. The van der Waals surface area contributed by atoms with E-state index in [1.54, 1.807) is 0 Å². The molecule has 0 aromatic carbocycles. The smallest absolute Gasteiger partial charge is 0.00813 e. The average molecular weight is 240 g/mol. The van der Waals surface area contributed by atoms with Gasteiger partial charge in [-0.1, -0.05) is 56.2 Å². The highest BCUT2D eigenvalue weighted by Gasteiger charge is 1.96. The van der Waals surface area contributed by atoms with Gasteiger partial charge in [-0.05, 0) is 12.3 Å². The summed E-state index contributed by atoms with van der Waals surface area (Å²) < 4.78 is 0.862. The predicted molar refractivity (Wildman–Crippen MR) is 52.2 cm³/mol. The molecule has 0 amide bonds. The van der Waals surface area contributed by atoms with Crippen molar-refractivity contribution in [3.63, 3.8) is 0 Å². The minimum atomic E-state index is 0.862. The van der Waals surface area contributed by atoms with E-state index in [1.165, 1.54) is 19.3 Å². The molecule has 0 spiro atoms. The van der Waals surface area contributed by atoms with Crippen LogP contribution in [0.1, 0.15) is 40.0 Å². The van der Waals surface area contributed by atoms with Gasteiger partial charge in [0.05, 0.1) is 0 Å². The number of rotatable bonds is 4. The van der Waals surface area contributed by atoms with E-state index in [4.69, 9.17) is 0 Å². The van der Waals surface area contributed by atoms with Gasteiger partial charge in [0.25, 0.3) is 0 Å². The van der Waals surface area contributed by atoms with Gasteiger partial charge in [0.2, 0.25) is 0 Å². The van der Waals surface area contributed by atoms with Gasteiger partial charge in [-0.25, -0.2) is 0 Å². The molecule has 0 fully saturated rings. The van der Waals surface area contributed by atoms with Crippen LogP contribution >= 0.6 is 22.6 Å². The molecule has 1 atom stereocenters. The second-order valence-electron chi connectivity index (χ2n) is 3.11. The Morgan fingerprint density at radius 2 is 1.67 bits per heavy atom. The van der Waals surface area contributed by atoms with Crippen molar-refractivity contribution in [3.8, 4) is 0 Å². The quantitative estimate of drug-likeness (QED) is 0.520. The van der Waals surface area contributed by atoms with Crippen LogP contribution < -0.4 is 0 Å². The van der Waals surface area contributed by atoms with Crippen molar-refractivity contribution < 1.29 is 0 Å². The molecule has 0 aromatic rings. The van der Waals surface area contributed by atoms with Crippen molar-refractivity contribution in [2.45, 2.75) is 44.0 Å². The molecule has 0 radical (unpaired) electrons. The zero-order valence-electron chi connectivity index (χ0n) is 6.65. The highest BCUT2D eigenvalue weighted by Crippen LogP contribution is 2.12. The highest BCUT2D eigenvalue weighted by atomic mass is 127. The van der Waals surface area contributed by atoms with Crippen molar-refractivity contribution in [3.05, 3.63) is 0 Å². The van der Waals surface area contributed by atoms with Crippen LogP contribution in [-0.4, -0.2) is 3.92 Å². The van der Waals surface area contributed by atoms with E-state index in [1.807, 2.05) is 0 Å². The number of alkyl halides is 1. The first-order chi connectivity index (χ1) is 4.13. The summed E-state index contributed by atoms with van der Waals surface area (Å²) in [6, 6.07) is 0. The van der Waals surface area contributed by atoms with Crippen molar-refractivity contribution >= 4 is 22.6 Å². The standard InChI is InChI=1S/C8H17I/c1-7(2)5-4-6-8(3)9/h7-8H,4-6H2,1-3H3. The van der Waals surface area contributed by atoms with Crippen LogP contribution in [0.3, 0.4) is 0 Å². The van der Waals surface area contributed by atoms with E-state index < -0.39 is 0 Å². The summed E-state index contributed by atoms with van der Waals surface area (Å²) in [5, 5.41) is 0. The lowest BCUT2D eigenvalue weighted by Gasteiger charge is -2.04. The van der Waals surface area contributed by atoms with Gasteiger partial charge in [0.15, 0.2) is 0 Å². The van der Waals surface area contributed by atoms with Crippen LogP contribution in [0.2, 0.25) is 0 Å². The van der Waals surface area contributed by atoms with E-state index in [9.17, 15) is 0 Å². The Bertz CT molecular complexity index is 49.6. The summed E-state index contributed by atoms with van der Waals surface area (Å²) in [6.07, 6.45) is 4.19. The molecule has 0 aromatic heterocycles. The van der Waals surface area contributed by atoms with Crippen LogP contribution in [-0.2, 0) is 0 Å². The summed E-state index contributed by atoms with van der Waals surface area (Å²) in [5.41, 5.74) is 0. The molecule has 0 bridgehead atoms. The maximum absolute atomic E-state index is 2.49. The van der Waals surface area contributed by atoms with Gasteiger partial charge < -0.3 is 0 Å². The molecule has 0 saturated heterocycles. The molecule has 1 unspecified atom stereocenters. The maximum atomic E-state index is 2.49. The number of hydrogen-bond acceptors (Lipinski definition) is 0. The summed E-state index contributed by atoms with van der Waals surface area (Å²) in [4.78, 5) is 0. The van der Waals surface area contributed by atoms with E-state index >= 15 is 0 Å². The third-order valence-corrected chi connectivity index (χ3v) is 2.01. The number of hydrogen-bond donors (Lipinski definition) is 0. The van der Waals surface area contributed by atoms with Crippen molar-refractivity contribution in [2.24, 2.45) is 5.92 Å². The molecule has 9 heavy (non-hydrogen) atoms. The third kappa shape index (κ3) is 8.73. The average Bonchev–Trinajstić information content (AvgIpc) is 1.63. The highest BCUT2D eigenvalue weighted by molar-refractivity contribution is 14.1. The monoisotopic (exact) mass is 240 g/mol.